The molecule has 134 valence electrons. The predicted molar refractivity (Wildman–Crippen MR) is 107 cm³/mol. The molecule has 1 N–H and O–H groups in total. The number of thioether (sulfide) groups is 1. The normalized spacial score (nSPS) is 10.7. The molecule has 5 nitrogen and oxygen atoms in total. The van der Waals surface area contributed by atoms with Gasteiger partial charge in [-0.25, -0.2) is 0 Å². The highest BCUT2D eigenvalue weighted by molar-refractivity contribution is 9.10. The van der Waals surface area contributed by atoms with E-state index < -0.39 is 0 Å². The first-order valence-electron chi connectivity index (χ1n) is 8.18. The molecule has 0 aliphatic carbocycles. The molecule has 0 aliphatic heterocycles. The summed E-state index contributed by atoms with van der Waals surface area (Å²) in [6, 6.07) is 13.6. The summed E-state index contributed by atoms with van der Waals surface area (Å²) in [4.78, 5) is 12.3. The number of aromatic nitrogens is 2. The minimum absolute atomic E-state index is 0.0976. The number of benzene rings is 2. The van der Waals surface area contributed by atoms with Gasteiger partial charge in [0.15, 0.2) is 0 Å². The minimum Gasteiger partial charge on any atom is -0.411 e. The Morgan fingerprint density at radius 2 is 2.00 bits per heavy atom. The molecule has 3 aromatic rings. The molecular weight excluding hydrogens is 414 g/mol. The maximum absolute atomic E-state index is 12.3. The number of carbonyl (C=O) groups is 1. The van der Waals surface area contributed by atoms with Gasteiger partial charge >= 0.3 is 0 Å². The first kappa shape index (κ1) is 18.7. The van der Waals surface area contributed by atoms with Crippen molar-refractivity contribution in [3.05, 3.63) is 58.1 Å². The van der Waals surface area contributed by atoms with Crippen molar-refractivity contribution in [1.82, 2.24) is 10.2 Å². The molecule has 0 spiro atoms. The van der Waals surface area contributed by atoms with Crippen molar-refractivity contribution in [3.63, 3.8) is 0 Å². The minimum atomic E-state index is -0.0976. The lowest BCUT2D eigenvalue weighted by Gasteiger charge is -2.12. The molecular formula is C19H18BrN3O2S. The van der Waals surface area contributed by atoms with Crippen molar-refractivity contribution in [3.8, 4) is 11.5 Å². The number of nitrogens with zero attached hydrogens (tertiary/aromatic N) is 2. The standard InChI is InChI=1S/C19H18BrN3O2S/c1-3-13-8-6-7-12(2)17(13)21-16(24)11-26-19-23-22-18(25-19)14-9-4-5-10-15(14)20/h4-10H,3,11H2,1-2H3,(H,21,24). The van der Waals surface area contributed by atoms with E-state index in [0.29, 0.717) is 11.1 Å². The number of rotatable bonds is 6. The number of hydrogen-bond donors (Lipinski definition) is 1. The first-order chi connectivity index (χ1) is 12.6. The summed E-state index contributed by atoms with van der Waals surface area (Å²) in [5.74, 6) is 0.530. The van der Waals surface area contributed by atoms with Crippen molar-refractivity contribution in [1.29, 1.82) is 0 Å². The Morgan fingerprint density at radius 1 is 1.19 bits per heavy atom. The Labute approximate surface area is 164 Å². The summed E-state index contributed by atoms with van der Waals surface area (Å²) in [7, 11) is 0. The van der Waals surface area contributed by atoms with Gasteiger partial charge in [-0.15, -0.1) is 10.2 Å². The molecule has 1 amide bonds. The van der Waals surface area contributed by atoms with Crippen molar-refractivity contribution in [2.24, 2.45) is 0 Å². The van der Waals surface area contributed by atoms with Crippen molar-refractivity contribution >= 4 is 39.3 Å². The first-order valence-corrected chi connectivity index (χ1v) is 9.96. The molecule has 0 unspecified atom stereocenters. The number of nitrogens with one attached hydrogen (secondary N) is 1. The lowest BCUT2D eigenvalue weighted by atomic mass is 10.1. The molecule has 1 aromatic heterocycles. The van der Waals surface area contributed by atoms with Gasteiger partial charge in [-0.3, -0.25) is 4.79 Å². The second-order valence-electron chi connectivity index (χ2n) is 5.65. The van der Waals surface area contributed by atoms with E-state index in [9.17, 15) is 4.79 Å². The average Bonchev–Trinajstić information content (AvgIpc) is 3.11. The number of anilines is 1. The van der Waals surface area contributed by atoms with Crippen LogP contribution in [0.15, 0.2) is 56.6 Å². The van der Waals surface area contributed by atoms with Crippen LogP contribution in [0.2, 0.25) is 0 Å². The highest BCUT2D eigenvalue weighted by Crippen LogP contribution is 2.29. The predicted octanol–water partition coefficient (Wildman–Crippen LogP) is 5.10. The van der Waals surface area contributed by atoms with Crippen LogP contribution in [0, 0.1) is 6.92 Å². The quantitative estimate of drug-likeness (QED) is 0.549. The molecule has 0 fully saturated rings. The molecule has 7 heteroatoms. The third-order valence-electron chi connectivity index (χ3n) is 3.84. The van der Waals surface area contributed by atoms with E-state index in [0.717, 1.165) is 33.3 Å². The summed E-state index contributed by atoms with van der Waals surface area (Å²) in [6.07, 6.45) is 0.864. The van der Waals surface area contributed by atoms with Gasteiger partial charge in [-0.2, -0.15) is 0 Å². The second kappa shape index (κ2) is 8.51. The molecule has 0 radical (unpaired) electrons. The smallest absolute Gasteiger partial charge is 0.277 e. The highest BCUT2D eigenvalue weighted by Gasteiger charge is 2.14. The average molecular weight is 432 g/mol. The van der Waals surface area contributed by atoms with Gasteiger partial charge in [0.05, 0.1) is 11.3 Å². The second-order valence-corrected chi connectivity index (χ2v) is 7.43. The maximum atomic E-state index is 12.3. The van der Waals surface area contributed by atoms with Gasteiger partial charge in [0.1, 0.15) is 0 Å². The topological polar surface area (TPSA) is 68.0 Å². The Morgan fingerprint density at radius 3 is 2.77 bits per heavy atom. The van der Waals surface area contributed by atoms with Crippen LogP contribution in [0.1, 0.15) is 18.1 Å². The molecule has 1 heterocycles. The van der Waals surface area contributed by atoms with Crippen molar-refractivity contribution in [2.45, 2.75) is 25.5 Å². The van der Waals surface area contributed by atoms with E-state index in [4.69, 9.17) is 4.42 Å². The number of hydrogen-bond acceptors (Lipinski definition) is 5. The van der Waals surface area contributed by atoms with Gasteiger partial charge in [0.25, 0.3) is 5.22 Å². The monoisotopic (exact) mass is 431 g/mol. The summed E-state index contributed by atoms with van der Waals surface area (Å²) in [5, 5.41) is 11.4. The zero-order valence-electron chi connectivity index (χ0n) is 14.5. The zero-order chi connectivity index (χ0) is 18.5. The van der Waals surface area contributed by atoms with Crippen LogP contribution in [0.5, 0.6) is 0 Å². The number of amides is 1. The Bertz CT molecular complexity index is 927. The Hall–Kier alpha value is -2.12. The lowest BCUT2D eigenvalue weighted by Crippen LogP contribution is -2.16. The van der Waals surface area contributed by atoms with Crippen LogP contribution in [0.25, 0.3) is 11.5 Å². The number of para-hydroxylation sites is 1. The van der Waals surface area contributed by atoms with Gasteiger partial charge in [-0.05, 0) is 52.5 Å². The fraction of sp³-hybridized carbons (Fsp3) is 0.211. The van der Waals surface area contributed by atoms with Gasteiger partial charge < -0.3 is 9.73 Å². The van der Waals surface area contributed by atoms with Gasteiger partial charge in [-0.1, -0.05) is 49.0 Å². The lowest BCUT2D eigenvalue weighted by molar-refractivity contribution is -0.113. The van der Waals surface area contributed by atoms with Crippen LogP contribution in [-0.2, 0) is 11.2 Å². The van der Waals surface area contributed by atoms with E-state index in [1.165, 1.54) is 11.8 Å². The maximum Gasteiger partial charge on any atom is 0.277 e. The summed E-state index contributed by atoms with van der Waals surface area (Å²) < 4.78 is 6.53. The third-order valence-corrected chi connectivity index (χ3v) is 5.35. The summed E-state index contributed by atoms with van der Waals surface area (Å²) in [5.41, 5.74) is 3.89. The van der Waals surface area contributed by atoms with E-state index >= 15 is 0 Å². The van der Waals surface area contributed by atoms with Crippen LogP contribution in [-0.4, -0.2) is 21.9 Å². The van der Waals surface area contributed by atoms with Crippen molar-refractivity contribution < 1.29 is 9.21 Å². The molecule has 26 heavy (non-hydrogen) atoms. The Kier molecular flexibility index (Phi) is 6.11. The van der Waals surface area contributed by atoms with Crippen LogP contribution in [0.3, 0.4) is 0 Å². The molecule has 0 bridgehead atoms. The van der Waals surface area contributed by atoms with E-state index in [1.807, 2.05) is 49.4 Å². The zero-order valence-corrected chi connectivity index (χ0v) is 16.9. The fourth-order valence-electron chi connectivity index (χ4n) is 2.52. The van der Waals surface area contributed by atoms with Crippen LogP contribution >= 0.6 is 27.7 Å². The summed E-state index contributed by atoms with van der Waals surface area (Å²) >= 11 is 4.68. The van der Waals surface area contributed by atoms with Crippen LogP contribution in [0.4, 0.5) is 5.69 Å². The summed E-state index contributed by atoms with van der Waals surface area (Å²) in [6.45, 7) is 4.06. The van der Waals surface area contributed by atoms with Gasteiger partial charge in [0, 0.05) is 10.2 Å². The molecule has 2 aromatic carbocycles. The molecule has 0 saturated heterocycles. The van der Waals surface area contributed by atoms with Crippen LogP contribution < -0.4 is 5.32 Å². The number of halogens is 1. The van der Waals surface area contributed by atoms with Gasteiger partial charge in [0.2, 0.25) is 11.8 Å². The molecule has 0 saturated carbocycles. The highest BCUT2D eigenvalue weighted by atomic mass is 79.9. The fourth-order valence-corrected chi connectivity index (χ4v) is 3.53. The molecule has 0 atom stereocenters. The molecule has 3 rings (SSSR count). The Balaban J connectivity index is 1.63. The number of carbonyl (C=O) groups excluding carboxylic acids is 1. The largest absolute Gasteiger partial charge is 0.411 e. The third kappa shape index (κ3) is 4.34. The SMILES string of the molecule is CCc1cccc(C)c1NC(=O)CSc1nnc(-c2ccccc2Br)o1. The van der Waals surface area contributed by atoms with Crippen molar-refractivity contribution in [2.75, 3.05) is 11.1 Å². The van der Waals surface area contributed by atoms with E-state index in [2.05, 4.69) is 38.4 Å². The molecule has 0 aliphatic rings. The number of aryl methyl sites for hydroxylation is 2. The van der Waals surface area contributed by atoms with E-state index in [1.54, 1.807) is 0 Å². The van der Waals surface area contributed by atoms with E-state index in [-0.39, 0.29) is 11.7 Å².